The smallest absolute Gasteiger partial charge is 0.237 e. The Morgan fingerprint density at radius 2 is 1.61 bits per heavy atom. The van der Waals surface area contributed by atoms with Crippen LogP contribution in [0.25, 0.3) is 11.3 Å². The molecule has 0 saturated heterocycles. The van der Waals surface area contributed by atoms with Gasteiger partial charge in [0, 0.05) is 16.5 Å². The van der Waals surface area contributed by atoms with Crippen LogP contribution < -0.4 is 9.46 Å². The van der Waals surface area contributed by atoms with Crippen molar-refractivity contribution in [3.63, 3.8) is 0 Å². The molecule has 2 aromatic carbocycles. The Kier molecular flexibility index (Phi) is 7.50. The first-order chi connectivity index (χ1) is 16.0. The van der Waals surface area contributed by atoms with Gasteiger partial charge in [0.1, 0.15) is 5.75 Å². The number of ether oxygens (including phenoxy) is 1. The maximum atomic E-state index is 6.14. The lowest BCUT2D eigenvalue weighted by Crippen LogP contribution is -2.04. The molecule has 3 aromatic rings. The van der Waals surface area contributed by atoms with Crippen molar-refractivity contribution < 1.29 is 4.74 Å². The van der Waals surface area contributed by atoms with Crippen LogP contribution in [0.4, 0.5) is 5.95 Å². The van der Waals surface area contributed by atoms with E-state index in [0.29, 0.717) is 23.7 Å². The molecule has 33 heavy (non-hydrogen) atoms. The number of rotatable bonds is 8. The number of anilines is 1. The van der Waals surface area contributed by atoms with Crippen molar-refractivity contribution in [1.82, 2.24) is 9.97 Å². The highest BCUT2D eigenvalue weighted by Crippen LogP contribution is 2.37. The van der Waals surface area contributed by atoms with Gasteiger partial charge in [-0.2, -0.15) is 4.98 Å². The Hall–Kier alpha value is -3.05. The Bertz CT molecular complexity index is 1130. The first-order valence-electron chi connectivity index (χ1n) is 11.6. The summed E-state index contributed by atoms with van der Waals surface area (Å²) >= 11 is 1.53. The standard InChI is InChI=1S/C28H31N3OS/c1-19(2)23-16-11-17-24(20(3)4)27(23)25-18-26(32-21-12-7-5-8-13-21)30-28(29-25)31-33-22-14-9-6-10-15-22/h5,7-9,11-20H,6,10H2,1-4H3,(H,29,30,31). The van der Waals surface area contributed by atoms with Gasteiger partial charge in [0.2, 0.25) is 11.8 Å². The molecular formula is C28H31N3OS. The molecule has 0 bridgehead atoms. The molecule has 1 heterocycles. The van der Waals surface area contributed by atoms with E-state index in [2.05, 4.69) is 73.8 Å². The number of nitrogens with one attached hydrogen (secondary N) is 1. The zero-order valence-electron chi connectivity index (χ0n) is 19.7. The third-order valence-corrected chi connectivity index (χ3v) is 6.34. The Morgan fingerprint density at radius 1 is 0.879 bits per heavy atom. The molecule has 0 aliphatic heterocycles. The van der Waals surface area contributed by atoms with Gasteiger partial charge < -0.3 is 4.74 Å². The minimum atomic E-state index is 0.371. The summed E-state index contributed by atoms with van der Waals surface area (Å²) < 4.78 is 9.49. The van der Waals surface area contributed by atoms with E-state index in [4.69, 9.17) is 9.72 Å². The summed E-state index contributed by atoms with van der Waals surface area (Å²) in [7, 11) is 0. The average Bonchev–Trinajstić information content (AvgIpc) is 2.83. The van der Waals surface area contributed by atoms with E-state index in [-0.39, 0.29) is 0 Å². The molecule has 0 amide bonds. The molecule has 1 aliphatic carbocycles. The van der Waals surface area contributed by atoms with Gasteiger partial charge in [0.25, 0.3) is 0 Å². The van der Waals surface area contributed by atoms with Crippen molar-refractivity contribution in [2.45, 2.75) is 52.4 Å². The summed E-state index contributed by atoms with van der Waals surface area (Å²) in [5, 5.41) is 0. The quantitative estimate of drug-likeness (QED) is 0.344. The predicted molar refractivity (Wildman–Crippen MR) is 140 cm³/mol. The van der Waals surface area contributed by atoms with Crippen LogP contribution in [0.3, 0.4) is 0 Å². The second kappa shape index (κ2) is 10.7. The lowest BCUT2D eigenvalue weighted by molar-refractivity contribution is 0.463. The van der Waals surface area contributed by atoms with Crippen molar-refractivity contribution in [1.29, 1.82) is 0 Å². The minimum absolute atomic E-state index is 0.371. The van der Waals surface area contributed by atoms with Crippen molar-refractivity contribution in [2.75, 3.05) is 4.72 Å². The number of nitrogens with zero attached hydrogens (tertiary/aromatic N) is 2. The van der Waals surface area contributed by atoms with Gasteiger partial charge in [-0.3, -0.25) is 4.72 Å². The number of hydrogen-bond acceptors (Lipinski definition) is 5. The molecule has 4 rings (SSSR count). The Balaban J connectivity index is 1.78. The normalized spacial score (nSPS) is 13.3. The topological polar surface area (TPSA) is 47.0 Å². The summed E-state index contributed by atoms with van der Waals surface area (Å²) in [4.78, 5) is 10.8. The minimum Gasteiger partial charge on any atom is -0.439 e. The highest BCUT2D eigenvalue weighted by molar-refractivity contribution is 8.04. The zero-order chi connectivity index (χ0) is 23.2. The lowest BCUT2D eigenvalue weighted by atomic mass is 9.87. The van der Waals surface area contributed by atoms with E-state index < -0.39 is 0 Å². The molecule has 0 atom stereocenters. The Morgan fingerprint density at radius 3 is 2.24 bits per heavy atom. The first kappa shape index (κ1) is 23.1. The van der Waals surface area contributed by atoms with E-state index >= 15 is 0 Å². The van der Waals surface area contributed by atoms with Gasteiger partial charge in [0.15, 0.2) is 0 Å². The average molecular weight is 458 g/mol. The maximum absolute atomic E-state index is 6.14. The number of hydrogen-bond donors (Lipinski definition) is 1. The van der Waals surface area contributed by atoms with Gasteiger partial charge in [-0.15, -0.1) is 0 Å². The number of aromatic nitrogens is 2. The van der Waals surface area contributed by atoms with Crippen molar-refractivity contribution in [3.05, 3.63) is 88.9 Å². The third-order valence-electron chi connectivity index (χ3n) is 5.52. The summed E-state index contributed by atoms with van der Waals surface area (Å²) in [6.45, 7) is 8.90. The molecule has 0 saturated carbocycles. The monoisotopic (exact) mass is 457 g/mol. The molecule has 5 heteroatoms. The Labute approximate surface area is 201 Å². The van der Waals surface area contributed by atoms with E-state index in [1.54, 1.807) is 0 Å². The largest absolute Gasteiger partial charge is 0.439 e. The SMILES string of the molecule is CC(C)c1cccc(C(C)C)c1-c1cc(Oc2ccccc2)nc(NSC2=CCCC=C2)n1. The van der Waals surface area contributed by atoms with Gasteiger partial charge in [-0.05, 0) is 59.9 Å². The number of benzene rings is 2. The van der Waals surface area contributed by atoms with E-state index in [9.17, 15) is 0 Å². The van der Waals surface area contributed by atoms with Crippen LogP contribution in [-0.2, 0) is 0 Å². The van der Waals surface area contributed by atoms with Crippen LogP contribution in [0.2, 0.25) is 0 Å². The van der Waals surface area contributed by atoms with Crippen LogP contribution in [0, 0.1) is 0 Å². The molecule has 1 N–H and O–H groups in total. The van der Waals surface area contributed by atoms with Crippen molar-refractivity contribution in [3.8, 4) is 22.9 Å². The number of para-hydroxylation sites is 1. The van der Waals surface area contributed by atoms with Crippen LogP contribution in [0.5, 0.6) is 11.6 Å². The van der Waals surface area contributed by atoms with Gasteiger partial charge in [-0.25, -0.2) is 4.98 Å². The van der Waals surface area contributed by atoms with E-state index in [1.165, 1.54) is 33.5 Å². The highest BCUT2D eigenvalue weighted by atomic mass is 32.2. The maximum Gasteiger partial charge on any atom is 0.237 e. The summed E-state index contributed by atoms with van der Waals surface area (Å²) in [6.07, 6.45) is 8.71. The molecule has 170 valence electrons. The zero-order valence-corrected chi connectivity index (χ0v) is 20.5. The fourth-order valence-electron chi connectivity index (χ4n) is 3.88. The molecule has 0 unspecified atom stereocenters. The fraction of sp³-hybridized carbons (Fsp3) is 0.286. The predicted octanol–water partition coefficient (Wildman–Crippen LogP) is 8.48. The second-order valence-electron chi connectivity index (χ2n) is 8.74. The third kappa shape index (κ3) is 5.85. The molecule has 0 spiro atoms. The molecule has 0 radical (unpaired) electrons. The highest BCUT2D eigenvalue weighted by Gasteiger charge is 2.19. The molecule has 4 nitrogen and oxygen atoms in total. The van der Waals surface area contributed by atoms with Crippen LogP contribution in [0.1, 0.15) is 63.5 Å². The molecule has 1 aliphatic rings. The van der Waals surface area contributed by atoms with Gasteiger partial charge in [-0.1, -0.05) is 82.3 Å². The van der Waals surface area contributed by atoms with Gasteiger partial charge >= 0.3 is 0 Å². The van der Waals surface area contributed by atoms with Gasteiger partial charge in [0.05, 0.1) is 5.69 Å². The summed E-state index contributed by atoms with van der Waals surface area (Å²) in [5.41, 5.74) is 4.61. The summed E-state index contributed by atoms with van der Waals surface area (Å²) in [5.74, 6) is 2.55. The fourth-order valence-corrected chi connectivity index (χ4v) is 4.54. The second-order valence-corrected chi connectivity index (χ2v) is 9.62. The first-order valence-corrected chi connectivity index (χ1v) is 12.4. The van der Waals surface area contributed by atoms with E-state index in [0.717, 1.165) is 24.3 Å². The van der Waals surface area contributed by atoms with Crippen LogP contribution in [0.15, 0.2) is 77.7 Å². The number of allylic oxidation sites excluding steroid dienone is 3. The van der Waals surface area contributed by atoms with Crippen LogP contribution in [-0.4, -0.2) is 9.97 Å². The lowest BCUT2D eigenvalue weighted by Gasteiger charge is -2.20. The van der Waals surface area contributed by atoms with Crippen molar-refractivity contribution >= 4 is 17.9 Å². The van der Waals surface area contributed by atoms with Crippen LogP contribution >= 0.6 is 11.9 Å². The molecule has 1 aromatic heterocycles. The van der Waals surface area contributed by atoms with Crippen molar-refractivity contribution in [2.24, 2.45) is 0 Å². The summed E-state index contributed by atoms with van der Waals surface area (Å²) in [6, 6.07) is 18.3. The molecular weight excluding hydrogens is 426 g/mol. The molecule has 0 fully saturated rings. The van der Waals surface area contributed by atoms with E-state index in [1.807, 2.05) is 36.4 Å².